The smallest absolute Gasteiger partial charge is 0.0465 e. The molecular formula is C15H26N2O. The van der Waals surface area contributed by atoms with Crippen LogP contribution in [0.1, 0.15) is 43.9 Å². The molecule has 3 nitrogen and oxygen atoms in total. The van der Waals surface area contributed by atoms with Gasteiger partial charge in [0.05, 0.1) is 0 Å². The second-order valence-electron chi connectivity index (χ2n) is 4.99. The molecule has 18 heavy (non-hydrogen) atoms. The summed E-state index contributed by atoms with van der Waals surface area (Å²) in [6.45, 7) is 8.40. The van der Waals surface area contributed by atoms with E-state index in [9.17, 15) is 0 Å². The van der Waals surface area contributed by atoms with E-state index >= 15 is 0 Å². The van der Waals surface area contributed by atoms with E-state index in [0.29, 0.717) is 12.0 Å². The van der Waals surface area contributed by atoms with Gasteiger partial charge in [-0.2, -0.15) is 0 Å². The van der Waals surface area contributed by atoms with Crippen molar-refractivity contribution in [1.82, 2.24) is 10.3 Å². The van der Waals surface area contributed by atoms with Crippen LogP contribution in [0.25, 0.3) is 0 Å². The number of pyridine rings is 1. The third-order valence-corrected chi connectivity index (χ3v) is 3.22. The molecule has 0 aliphatic heterocycles. The molecule has 0 saturated carbocycles. The van der Waals surface area contributed by atoms with E-state index in [-0.39, 0.29) is 0 Å². The lowest BCUT2D eigenvalue weighted by molar-refractivity contribution is 0.170. The number of nitrogens with one attached hydrogen (secondary N) is 1. The Labute approximate surface area is 111 Å². The number of hydrogen-bond donors (Lipinski definition) is 1. The number of methoxy groups -OCH3 is 1. The molecule has 1 N–H and O–H groups in total. The van der Waals surface area contributed by atoms with Crippen LogP contribution in [-0.2, 0) is 4.74 Å². The largest absolute Gasteiger partial charge is 0.385 e. The third kappa shape index (κ3) is 4.75. The highest BCUT2D eigenvalue weighted by Gasteiger charge is 2.18. The zero-order valence-corrected chi connectivity index (χ0v) is 12.1. The van der Waals surface area contributed by atoms with Gasteiger partial charge < -0.3 is 10.1 Å². The van der Waals surface area contributed by atoms with Crippen LogP contribution >= 0.6 is 0 Å². The highest BCUT2D eigenvalue weighted by molar-refractivity contribution is 5.20. The molecule has 0 spiro atoms. The Bertz CT molecular complexity index is 341. The van der Waals surface area contributed by atoms with Crippen molar-refractivity contribution in [3.05, 3.63) is 29.6 Å². The molecule has 3 heteroatoms. The van der Waals surface area contributed by atoms with E-state index in [1.54, 1.807) is 7.11 Å². The molecule has 2 unspecified atom stereocenters. The molecule has 2 atom stereocenters. The van der Waals surface area contributed by atoms with Crippen molar-refractivity contribution in [1.29, 1.82) is 0 Å². The van der Waals surface area contributed by atoms with E-state index in [1.807, 2.05) is 12.4 Å². The highest BCUT2D eigenvalue weighted by atomic mass is 16.5. The first-order valence-corrected chi connectivity index (χ1v) is 6.82. The first-order chi connectivity index (χ1) is 8.69. The summed E-state index contributed by atoms with van der Waals surface area (Å²) in [4.78, 5) is 4.30. The minimum absolute atomic E-state index is 0.368. The minimum atomic E-state index is 0.368. The fraction of sp³-hybridized carbons (Fsp3) is 0.667. The summed E-state index contributed by atoms with van der Waals surface area (Å²) in [6, 6.07) is 2.59. The van der Waals surface area contributed by atoms with Crippen LogP contribution in [0.5, 0.6) is 0 Å². The molecule has 1 heterocycles. The lowest BCUT2D eigenvalue weighted by Crippen LogP contribution is -2.28. The van der Waals surface area contributed by atoms with Crippen molar-refractivity contribution < 1.29 is 4.74 Å². The summed E-state index contributed by atoms with van der Waals surface area (Å²) < 4.78 is 5.18. The SMILES string of the molecule is CCCNC(c1cncc(C)c1)C(C)CCOC. The predicted octanol–water partition coefficient (Wildman–Crippen LogP) is 3.10. The number of hydrogen-bond acceptors (Lipinski definition) is 3. The van der Waals surface area contributed by atoms with Crippen LogP contribution in [-0.4, -0.2) is 25.2 Å². The van der Waals surface area contributed by atoms with Gasteiger partial charge in [-0.05, 0) is 43.4 Å². The first-order valence-electron chi connectivity index (χ1n) is 6.82. The molecule has 0 aromatic carbocycles. The monoisotopic (exact) mass is 250 g/mol. The van der Waals surface area contributed by atoms with Crippen molar-refractivity contribution in [2.45, 2.75) is 39.7 Å². The molecular weight excluding hydrogens is 224 g/mol. The Kier molecular flexibility index (Phi) is 6.91. The van der Waals surface area contributed by atoms with E-state index in [0.717, 1.165) is 26.0 Å². The molecule has 0 amide bonds. The van der Waals surface area contributed by atoms with Gasteiger partial charge in [-0.15, -0.1) is 0 Å². The Morgan fingerprint density at radius 3 is 2.78 bits per heavy atom. The highest BCUT2D eigenvalue weighted by Crippen LogP contribution is 2.24. The van der Waals surface area contributed by atoms with E-state index < -0.39 is 0 Å². The topological polar surface area (TPSA) is 34.2 Å². The Morgan fingerprint density at radius 2 is 2.17 bits per heavy atom. The summed E-state index contributed by atoms with van der Waals surface area (Å²) in [5.74, 6) is 0.542. The molecule has 1 rings (SSSR count). The van der Waals surface area contributed by atoms with Crippen molar-refractivity contribution >= 4 is 0 Å². The average Bonchev–Trinajstić information content (AvgIpc) is 2.37. The van der Waals surface area contributed by atoms with Crippen LogP contribution in [0, 0.1) is 12.8 Å². The maximum absolute atomic E-state index is 5.18. The van der Waals surface area contributed by atoms with Gasteiger partial charge in [0.2, 0.25) is 0 Å². The molecule has 1 aromatic rings. The zero-order chi connectivity index (χ0) is 13.4. The van der Waals surface area contributed by atoms with Crippen molar-refractivity contribution in [3.63, 3.8) is 0 Å². The Morgan fingerprint density at radius 1 is 1.39 bits per heavy atom. The van der Waals surface area contributed by atoms with Gasteiger partial charge >= 0.3 is 0 Å². The Balaban J connectivity index is 2.76. The van der Waals surface area contributed by atoms with Crippen LogP contribution < -0.4 is 5.32 Å². The van der Waals surface area contributed by atoms with Gasteiger partial charge in [0.25, 0.3) is 0 Å². The molecule has 0 bridgehead atoms. The van der Waals surface area contributed by atoms with Gasteiger partial charge in [0.15, 0.2) is 0 Å². The maximum Gasteiger partial charge on any atom is 0.0465 e. The summed E-state index contributed by atoms with van der Waals surface area (Å²) in [5.41, 5.74) is 2.50. The number of aromatic nitrogens is 1. The first kappa shape index (κ1) is 15.1. The van der Waals surface area contributed by atoms with E-state index in [4.69, 9.17) is 4.74 Å². The standard InChI is InChI=1S/C15H26N2O/c1-5-7-17-15(13(3)6-8-18-4)14-9-12(2)10-16-11-14/h9-11,13,15,17H,5-8H2,1-4H3. The van der Waals surface area contributed by atoms with Gasteiger partial charge in [-0.25, -0.2) is 0 Å². The molecule has 0 aliphatic carbocycles. The molecule has 0 aliphatic rings. The number of nitrogens with zero attached hydrogens (tertiary/aromatic N) is 1. The van der Waals surface area contributed by atoms with Gasteiger partial charge in [0.1, 0.15) is 0 Å². The molecule has 0 fully saturated rings. The van der Waals surface area contributed by atoms with E-state index in [1.165, 1.54) is 11.1 Å². The molecule has 102 valence electrons. The van der Waals surface area contributed by atoms with Crippen LogP contribution in [0.3, 0.4) is 0 Å². The minimum Gasteiger partial charge on any atom is -0.385 e. The number of rotatable bonds is 8. The summed E-state index contributed by atoms with van der Waals surface area (Å²) in [6.07, 6.45) is 6.09. The van der Waals surface area contributed by atoms with Gasteiger partial charge in [-0.1, -0.05) is 19.9 Å². The lowest BCUT2D eigenvalue weighted by atomic mass is 9.92. The van der Waals surface area contributed by atoms with Crippen molar-refractivity contribution in [2.24, 2.45) is 5.92 Å². The second kappa shape index (κ2) is 8.22. The second-order valence-corrected chi connectivity index (χ2v) is 4.99. The predicted molar refractivity (Wildman–Crippen MR) is 75.7 cm³/mol. The summed E-state index contributed by atoms with van der Waals surface area (Å²) in [5, 5.41) is 3.63. The molecule has 1 aromatic heterocycles. The summed E-state index contributed by atoms with van der Waals surface area (Å²) in [7, 11) is 1.76. The zero-order valence-electron chi connectivity index (χ0n) is 12.1. The number of ether oxygens (including phenoxy) is 1. The Hall–Kier alpha value is -0.930. The fourth-order valence-electron chi connectivity index (χ4n) is 2.17. The van der Waals surface area contributed by atoms with E-state index in [2.05, 4.69) is 37.1 Å². The van der Waals surface area contributed by atoms with Crippen LogP contribution in [0.2, 0.25) is 0 Å². The lowest BCUT2D eigenvalue weighted by Gasteiger charge is -2.25. The van der Waals surface area contributed by atoms with Gasteiger partial charge in [0, 0.05) is 32.2 Å². The fourth-order valence-corrected chi connectivity index (χ4v) is 2.17. The average molecular weight is 250 g/mol. The number of aryl methyl sites for hydroxylation is 1. The van der Waals surface area contributed by atoms with Crippen molar-refractivity contribution in [2.75, 3.05) is 20.3 Å². The maximum atomic E-state index is 5.18. The van der Waals surface area contributed by atoms with Crippen LogP contribution in [0.15, 0.2) is 18.5 Å². The van der Waals surface area contributed by atoms with Gasteiger partial charge in [-0.3, -0.25) is 4.98 Å². The van der Waals surface area contributed by atoms with Crippen LogP contribution in [0.4, 0.5) is 0 Å². The molecule has 0 saturated heterocycles. The quantitative estimate of drug-likeness (QED) is 0.770. The van der Waals surface area contributed by atoms with Crippen molar-refractivity contribution in [3.8, 4) is 0 Å². The molecule has 0 radical (unpaired) electrons. The normalized spacial score (nSPS) is 14.4. The third-order valence-electron chi connectivity index (χ3n) is 3.22. The summed E-state index contributed by atoms with van der Waals surface area (Å²) >= 11 is 0.